The number of anilines is 1. The predicted molar refractivity (Wildman–Crippen MR) is 74.5 cm³/mol. The van der Waals surface area contributed by atoms with Gasteiger partial charge in [0.15, 0.2) is 9.84 Å². The number of para-hydroxylation sites is 1. The number of rotatable bonds is 3. The van der Waals surface area contributed by atoms with E-state index in [-0.39, 0.29) is 23.4 Å². The summed E-state index contributed by atoms with van der Waals surface area (Å²) >= 11 is 3.33. The largest absolute Gasteiger partial charge is 0.368 e. The molecule has 1 aliphatic heterocycles. The SMILES string of the molecule is CN(c1c(F)cccc1CBr)C1CCS(=O)(=O)C1. The number of halogens is 2. The van der Waals surface area contributed by atoms with Crippen molar-refractivity contribution in [2.24, 2.45) is 0 Å². The Balaban J connectivity index is 2.32. The summed E-state index contributed by atoms with van der Waals surface area (Å²) in [7, 11) is -1.20. The number of hydrogen-bond acceptors (Lipinski definition) is 3. The summed E-state index contributed by atoms with van der Waals surface area (Å²) in [5, 5.41) is 0.546. The van der Waals surface area contributed by atoms with E-state index in [9.17, 15) is 12.8 Å². The molecule has 18 heavy (non-hydrogen) atoms. The first kappa shape index (κ1) is 13.8. The first-order valence-corrected chi connectivity index (χ1v) is 8.65. The van der Waals surface area contributed by atoms with Crippen LogP contribution in [0.1, 0.15) is 12.0 Å². The van der Waals surface area contributed by atoms with E-state index in [0.29, 0.717) is 17.4 Å². The zero-order chi connectivity index (χ0) is 13.3. The van der Waals surface area contributed by atoms with Crippen LogP contribution in [0.2, 0.25) is 0 Å². The lowest BCUT2D eigenvalue weighted by molar-refractivity contribution is 0.596. The Morgan fingerprint density at radius 2 is 2.22 bits per heavy atom. The molecule has 0 amide bonds. The van der Waals surface area contributed by atoms with Gasteiger partial charge in [0.2, 0.25) is 0 Å². The Kier molecular flexibility index (Phi) is 3.96. The van der Waals surface area contributed by atoms with Crippen LogP contribution >= 0.6 is 15.9 Å². The molecule has 1 heterocycles. The third-order valence-corrected chi connectivity index (χ3v) is 5.68. The second-order valence-electron chi connectivity index (χ2n) is 4.55. The second kappa shape index (κ2) is 5.17. The lowest BCUT2D eigenvalue weighted by Crippen LogP contribution is -2.33. The van der Waals surface area contributed by atoms with Gasteiger partial charge >= 0.3 is 0 Å². The molecule has 0 spiro atoms. The fourth-order valence-electron chi connectivity index (χ4n) is 2.33. The predicted octanol–water partition coefficient (Wildman–Crippen LogP) is 2.34. The van der Waals surface area contributed by atoms with Crippen molar-refractivity contribution in [2.45, 2.75) is 17.8 Å². The van der Waals surface area contributed by atoms with Crippen molar-refractivity contribution in [3.63, 3.8) is 0 Å². The van der Waals surface area contributed by atoms with E-state index in [1.807, 2.05) is 6.07 Å². The highest BCUT2D eigenvalue weighted by Gasteiger charge is 2.32. The van der Waals surface area contributed by atoms with Gasteiger partial charge in [-0.25, -0.2) is 12.8 Å². The molecule has 0 aromatic heterocycles. The van der Waals surface area contributed by atoms with Crippen LogP contribution in [-0.4, -0.2) is 33.0 Å². The summed E-state index contributed by atoms with van der Waals surface area (Å²) in [6.45, 7) is 0. The fraction of sp³-hybridized carbons (Fsp3) is 0.500. The number of hydrogen-bond donors (Lipinski definition) is 0. The van der Waals surface area contributed by atoms with E-state index in [0.717, 1.165) is 5.56 Å². The summed E-state index contributed by atoms with van der Waals surface area (Å²) in [4.78, 5) is 1.76. The van der Waals surface area contributed by atoms with Crippen LogP contribution in [0.4, 0.5) is 10.1 Å². The molecule has 1 fully saturated rings. The van der Waals surface area contributed by atoms with E-state index < -0.39 is 9.84 Å². The average Bonchev–Trinajstić information content (AvgIpc) is 2.68. The first-order chi connectivity index (χ1) is 8.44. The molecule has 0 saturated carbocycles. The average molecular weight is 336 g/mol. The van der Waals surface area contributed by atoms with Crippen LogP contribution in [0.5, 0.6) is 0 Å². The maximum Gasteiger partial charge on any atom is 0.152 e. The Hall–Kier alpha value is -0.620. The number of sulfone groups is 1. The van der Waals surface area contributed by atoms with Gasteiger partial charge in [0.25, 0.3) is 0 Å². The molecular formula is C12H15BrFNO2S. The lowest BCUT2D eigenvalue weighted by atomic mass is 10.1. The Morgan fingerprint density at radius 3 is 2.78 bits per heavy atom. The molecule has 6 heteroatoms. The van der Waals surface area contributed by atoms with Crippen molar-refractivity contribution in [1.82, 2.24) is 0 Å². The smallest absolute Gasteiger partial charge is 0.152 e. The van der Waals surface area contributed by atoms with Crippen molar-refractivity contribution >= 4 is 31.5 Å². The molecule has 100 valence electrons. The van der Waals surface area contributed by atoms with Gasteiger partial charge in [-0.05, 0) is 18.1 Å². The number of benzene rings is 1. The molecular weight excluding hydrogens is 321 g/mol. The van der Waals surface area contributed by atoms with Gasteiger partial charge < -0.3 is 4.90 Å². The van der Waals surface area contributed by atoms with Crippen molar-refractivity contribution < 1.29 is 12.8 Å². The highest BCUT2D eigenvalue weighted by molar-refractivity contribution is 9.08. The third-order valence-electron chi connectivity index (χ3n) is 3.32. The first-order valence-electron chi connectivity index (χ1n) is 5.71. The molecule has 0 N–H and O–H groups in total. The molecule has 1 aromatic rings. The summed E-state index contributed by atoms with van der Waals surface area (Å²) in [6, 6.07) is 4.77. The molecule has 0 bridgehead atoms. The lowest BCUT2D eigenvalue weighted by Gasteiger charge is -2.28. The monoisotopic (exact) mass is 335 g/mol. The van der Waals surface area contributed by atoms with Crippen molar-refractivity contribution in [2.75, 3.05) is 23.5 Å². The molecule has 1 saturated heterocycles. The molecule has 2 rings (SSSR count). The minimum Gasteiger partial charge on any atom is -0.368 e. The van der Waals surface area contributed by atoms with Gasteiger partial charge in [0.1, 0.15) is 5.82 Å². The topological polar surface area (TPSA) is 37.4 Å². The van der Waals surface area contributed by atoms with Gasteiger partial charge in [-0.1, -0.05) is 28.1 Å². The second-order valence-corrected chi connectivity index (χ2v) is 7.34. The minimum atomic E-state index is -2.96. The van der Waals surface area contributed by atoms with Crippen LogP contribution in [0.25, 0.3) is 0 Å². The molecule has 1 atom stereocenters. The van der Waals surface area contributed by atoms with Crippen LogP contribution in [0, 0.1) is 5.82 Å². The van der Waals surface area contributed by atoms with Crippen molar-refractivity contribution in [3.8, 4) is 0 Å². The maximum absolute atomic E-state index is 13.9. The van der Waals surface area contributed by atoms with Crippen LogP contribution in [0.15, 0.2) is 18.2 Å². The third kappa shape index (κ3) is 2.69. The van der Waals surface area contributed by atoms with Crippen LogP contribution in [0.3, 0.4) is 0 Å². The minimum absolute atomic E-state index is 0.111. The normalized spacial score (nSPS) is 22.1. The fourth-order valence-corrected chi connectivity index (χ4v) is 4.55. The van der Waals surface area contributed by atoms with Crippen molar-refractivity contribution in [1.29, 1.82) is 0 Å². The maximum atomic E-state index is 13.9. The van der Waals surface area contributed by atoms with E-state index in [1.54, 1.807) is 18.0 Å². The Labute approximate surface area is 115 Å². The van der Waals surface area contributed by atoms with Gasteiger partial charge in [0, 0.05) is 18.4 Å². The molecule has 1 unspecified atom stereocenters. The van der Waals surface area contributed by atoms with E-state index in [1.165, 1.54) is 6.07 Å². The highest BCUT2D eigenvalue weighted by atomic mass is 79.9. The van der Waals surface area contributed by atoms with E-state index in [2.05, 4.69) is 15.9 Å². The number of alkyl halides is 1. The van der Waals surface area contributed by atoms with Crippen molar-refractivity contribution in [3.05, 3.63) is 29.6 Å². The zero-order valence-corrected chi connectivity index (χ0v) is 12.5. The molecule has 0 radical (unpaired) electrons. The molecule has 3 nitrogen and oxygen atoms in total. The van der Waals surface area contributed by atoms with E-state index >= 15 is 0 Å². The van der Waals surface area contributed by atoms with Crippen LogP contribution in [-0.2, 0) is 15.2 Å². The van der Waals surface area contributed by atoms with Gasteiger partial charge in [-0.15, -0.1) is 0 Å². The quantitative estimate of drug-likeness (QED) is 0.795. The number of nitrogens with zero attached hydrogens (tertiary/aromatic N) is 1. The van der Waals surface area contributed by atoms with Gasteiger partial charge in [-0.2, -0.15) is 0 Å². The molecule has 0 aliphatic carbocycles. The Morgan fingerprint density at radius 1 is 1.50 bits per heavy atom. The van der Waals surface area contributed by atoms with Crippen LogP contribution < -0.4 is 4.90 Å². The van der Waals surface area contributed by atoms with Gasteiger partial charge in [0.05, 0.1) is 17.2 Å². The standard InChI is InChI=1S/C12H15BrFNO2S/c1-15(10-5-6-18(16,17)8-10)12-9(7-13)3-2-4-11(12)14/h2-4,10H,5-8H2,1H3. The molecule has 1 aromatic carbocycles. The zero-order valence-electron chi connectivity index (χ0n) is 10.1. The summed E-state index contributed by atoms with van der Waals surface area (Å²) < 4.78 is 36.9. The van der Waals surface area contributed by atoms with E-state index in [4.69, 9.17) is 0 Å². The molecule has 1 aliphatic rings. The summed E-state index contributed by atoms with van der Waals surface area (Å²) in [5.74, 6) is -0.00149. The Bertz CT molecular complexity index is 547. The summed E-state index contributed by atoms with van der Waals surface area (Å²) in [6.07, 6.45) is 0.564. The van der Waals surface area contributed by atoms with Gasteiger partial charge in [-0.3, -0.25) is 0 Å². The highest BCUT2D eigenvalue weighted by Crippen LogP contribution is 2.29. The summed E-state index contributed by atoms with van der Waals surface area (Å²) in [5.41, 5.74) is 1.33.